The zero-order valence-corrected chi connectivity index (χ0v) is 7.91. The Labute approximate surface area is 77.3 Å². The molecule has 0 aromatic carbocycles. The standard InChI is InChI=1S/C9H15NO3/c1-5(2)3-6-4-10-8(11)7(6)9(12)13/h5-7H,3-4H2,1-2H3,(H,10,11)(H,12,13)/t6-,7?/m1/s1. The lowest BCUT2D eigenvalue weighted by molar-refractivity contribution is -0.146. The van der Waals surface area contributed by atoms with Gasteiger partial charge in [0, 0.05) is 6.54 Å². The number of amides is 1. The second-order valence-corrected chi connectivity index (χ2v) is 3.95. The first-order valence-electron chi connectivity index (χ1n) is 4.53. The van der Waals surface area contributed by atoms with E-state index in [1.807, 2.05) is 13.8 Å². The van der Waals surface area contributed by atoms with Crippen LogP contribution in [-0.4, -0.2) is 23.5 Å². The third-order valence-corrected chi connectivity index (χ3v) is 2.33. The van der Waals surface area contributed by atoms with Gasteiger partial charge < -0.3 is 10.4 Å². The van der Waals surface area contributed by atoms with E-state index in [0.717, 1.165) is 6.42 Å². The fourth-order valence-electron chi connectivity index (χ4n) is 1.81. The van der Waals surface area contributed by atoms with Crippen molar-refractivity contribution in [1.82, 2.24) is 5.32 Å². The van der Waals surface area contributed by atoms with E-state index in [1.54, 1.807) is 0 Å². The molecule has 4 heteroatoms. The number of carboxylic acids is 1. The lowest BCUT2D eigenvalue weighted by atomic mass is 9.88. The molecule has 13 heavy (non-hydrogen) atoms. The first-order valence-corrected chi connectivity index (χ1v) is 4.53. The summed E-state index contributed by atoms with van der Waals surface area (Å²) in [7, 11) is 0. The molecule has 1 amide bonds. The molecule has 2 N–H and O–H groups in total. The van der Waals surface area contributed by atoms with Crippen LogP contribution in [0, 0.1) is 17.8 Å². The van der Waals surface area contributed by atoms with Crippen LogP contribution in [0.1, 0.15) is 20.3 Å². The molecule has 1 heterocycles. The number of nitrogens with one attached hydrogen (secondary N) is 1. The highest BCUT2D eigenvalue weighted by atomic mass is 16.4. The van der Waals surface area contributed by atoms with Gasteiger partial charge in [-0.05, 0) is 18.3 Å². The molecule has 1 saturated heterocycles. The molecule has 0 saturated carbocycles. The smallest absolute Gasteiger partial charge is 0.316 e. The van der Waals surface area contributed by atoms with E-state index in [1.165, 1.54) is 0 Å². The average molecular weight is 185 g/mol. The highest BCUT2D eigenvalue weighted by Crippen LogP contribution is 2.24. The molecule has 0 aromatic heterocycles. The van der Waals surface area contributed by atoms with Crippen LogP contribution < -0.4 is 5.32 Å². The van der Waals surface area contributed by atoms with Crippen LogP contribution in [-0.2, 0) is 9.59 Å². The van der Waals surface area contributed by atoms with Crippen molar-refractivity contribution in [3.8, 4) is 0 Å². The molecule has 1 fully saturated rings. The molecule has 74 valence electrons. The Balaban J connectivity index is 2.64. The number of carbonyl (C=O) groups is 2. The van der Waals surface area contributed by atoms with E-state index < -0.39 is 11.9 Å². The van der Waals surface area contributed by atoms with Crippen molar-refractivity contribution in [3.05, 3.63) is 0 Å². The number of carboxylic acid groups (broad SMARTS) is 1. The Bertz CT molecular complexity index is 225. The van der Waals surface area contributed by atoms with Crippen molar-refractivity contribution < 1.29 is 14.7 Å². The van der Waals surface area contributed by atoms with Crippen LogP contribution >= 0.6 is 0 Å². The first-order chi connectivity index (χ1) is 6.02. The van der Waals surface area contributed by atoms with Crippen molar-refractivity contribution >= 4 is 11.9 Å². The largest absolute Gasteiger partial charge is 0.481 e. The summed E-state index contributed by atoms with van der Waals surface area (Å²) in [5, 5.41) is 11.4. The summed E-state index contributed by atoms with van der Waals surface area (Å²) in [6.07, 6.45) is 0.787. The van der Waals surface area contributed by atoms with E-state index in [4.69, 9.17) is 5.11 Å². The van der Waals surface area contributed by atoms with Gasteiger partial charge in [-0.1, -0.05) is 13.8 Å². The van der Waals surface area contributed by atoms with Crippen LogP contribution in [0.4, 0.5) is 0 Å². The fraction of sp³-hybridized carbons (Fsp3) is 0.778. The van der Waals surface area contributed by atoms with Gasteiger partial charge in [-0.3, -0.25) is 9.59 Å². The first kappa shape index (κ1) is 10.0. The molecule has 0 radical (unpaired) electrons. The maximum absolute atomic E-state index is 11.1. The van der Waals surface area contributed by atoms with Gasteiger partial charge in [0.15, 0.2) is 0 Å². The summed E-state index contributed by atoms with van der Waals surface area (Å²) in [5.74, 6) is -1.77. The molecule has 1 aliphatic heterocycles. The lowest BCUT2D eigenvalue weighted by Gasteiger charge is -2.14. The summed E-state index contributed by atoms with van der Waals surface area (Å²) < 4.78 is 0. The second-order valence-electron chi connectivity index (χ2n) is 3.95. The topological polar surface area (TPSA) is 66.4 Å². The zero-order chi connectivity index (χ0) is 10.0. The Morgan fingerprint density at radius 2 is 2.31 bits per heavy atom. The molecule has 2 atom stereocenters. The molecule has 1 rings (SSSR count). The molecule has 0 spiro atoms. The third kappa shape index (κ3) is 2.20. The number of aliphatic carboxylic acids is 1. The number of hydrogen-bond acceptors (Lipinski definition) is 2. The van der Waals surface area contributed by atoms with Crippen molar-refractivity contribution in [1.29, 1.82) is 0 Å². The zero-order valence-electron chi connectivity index (χ0n) is 7.91. The summed E-state index contributed by atoms with van der Waals surface area (Å²) in [6, 6.07) is 0. The SMILES string of the molecule is CC(C)C[C@@H]1CNC(=O)C1C(=O)O. The predicted molar refractivity (Wildman–Crippen MR) is 47.1 cm³/mol. The van der Waals surface area contributed by atoms with Crippen LogP contribution in [0.5, 0.6) is 0 Å². The van der Waals surface area contributed by atoms with E-state index in [2.05, 4.69) is 5.32 Å². The second kappa shape index (κ2) is 3.77. The van der Waals surface area contributed by atoms with Crippen LogP contribution in [0.15, 0.2) is 0 Å². The number of hydrogen-bond donors (Lipinski definition) is 2. The minimum atomic E-state index is -0.999. The van der Waals surface area contributed by atoms with Crippen molar-refractivity contribution in [2.24, 2.45) is 17.8 Å². The van der Waals surface area contributed by atoms with Crippen LogP contribution in [0.25, 0.3) is 0 Å². The Hall–Kier alpha value is -1.06. The number of rotatable bonds is 3. The molecular weight excluding hydrogens is 170 g/mol. The van der Waals surface area contributed by atoms with E-state index in [9.17, 15) is 9.59 Å². The molecule has 1 aliphatic rings. The molecule has 0 bridgehead atoms. The molecular formula is C9H15NO3. The third-order valence-electron chi connectivity index (χ3n) is 2.33. The van der Waals surface area contributed by atoms with Crippen molar-refractivity contribution in [3.63, 3.8) is 0 Å². The summed E-state index contributed by atoms with van der Waals surface area (Å²) in [6.45, 7) is 4.57. The minimum absolute atomic E-state index is 0.0370. The van der Waals surface area contributed by atoms with E-state index in [-0.39, 0.29) is 11.8 Å². The van der Waals surface area contributed by atoms with Gasteiger partial charge in [-0.15, -0.1) is 0 Å². The molecule has 1 unspecified atom stereocenters. The highest BCUT2D eigenvalue weighted by Gasteiger charge is 2.40. The maximum atomic E-state index is 11.1. The van der Waals surface area contributed by atoms with E-state index >= 15 is 0 Å². The van der Waals surface area contributed by atoms with Crippen molar-refractivity contribution in [2.45, 2.75) is 20.3 Å². The van der Waals surface area contributed by atoms with E-state index in [0.29, 0.717) is 12.5 Å². The average Bonchev–Trinajstić information content (AvgIpc) is 2.30. The lowest BCUT2D eigenvalue weighted by Crippen LogP contribution is -2.27. The Morgan fingerprint density at radius 3 is 2.77 bits per heavy atom. The number of carbonyl (C=O) groups excluding carboxylic acids is 1. The Morgan fingerprint density at radius 1 is 1.69 bits per heavy atom. The summed E-state index contributed by atoms with van der Waals surface area (Å²) >= 11 is 0. The van der Waals surface area contributed by atoms with Gasteiger partial charge >= 0.3 is 5.97 Å². The van der Waals surface area contributed by atoms with Crippen LogP contribution in [0.3, 0.4) is 0 Å². The molecule has 0 aromatic rings. The van der Waals surface area contributed by atoms with Gasteiger partial charge in [0.2, 0.25) is 5.91 Å². The predicted octanol–water partition coefficient (Wildman–Crippen LogP) is 0.479. The van der Waals surface area contributed by atoms with Gasteiger partial charge in [0.05, 0.1) is 0 Å². The van der Waals surface area contributed by atoms with Gasteiger partial charge in [-0.25, -0.2) is 0 Å². The quantitative estimate of drug-likeness (QED) is 0.628. The molecule has 0 aliphatic carbocycles. The van der Waals surface area contributed by atoms with Gasteiger partial charge in [0.1, 0.15) is 5.92 Å². The monoisotopic (exact) mass is 185 g/mol. The summed E-state index contributed by atoms with van der Waals surface area (Å²) in [5.41, 5.74) is 0. The normalized spacial score (nSPS) is 27.8. The highest BCUT2D eigenvalue weighted by molar-refractivity contribution is 5.98. The van der Waals surface area contributed by atoms with Gasteiger partial charge in [0.25, 0.3) is 0 Å². The molecule has 4 nitrogen and oxygen atoms in total. The van der Waals surface area contributed by atoms with Crippen LogP contribution in [0.2, 0.25) is 0 Å². The van der Waals surface area contributed by atoms with Gasteiger partial charge in [-0.2, -0.15) is 0 Å². The fourth-order valence-corrected chi connectivity index (χ4v) is 1.81. The van der Waals surface area contributed by atoms with Crippen molar-refractivity contribution in [2.75, 3.05) is 6.54 Å². The minimum Gasteiger partial charge on any atom is -0.481 e. The Kier molecular flexibility index (Phi) is 2.90. The maximum Gasteiger partial charge on any atom is 0.316 e. The summed E-state index contributed by atoms with van der Waals surface area (Å²) in [4.78, 5) is 21.9.